The average molecular weight is 273 g/mol. The maximum Gasteiger partial charge on any atom is 0.223 e. The summed E-state index contributed by atoms with van der Waals surface area (Å²) in [7, 11) is -2.95. The van der Waals surface area contributed by atoms with Crippen molar-refractivity contribution < 1.29 is 12.9 Å². The lowest BCUT2D eigenvalue weighted by Crippen LogP contribution is -2.40. The number of aryl methyl sites for hydroxylation is 1. The van der Waals surface area contributed by atoms with Crippen molar-refractivity contribution in [2.45, 2.75) is 43.9 Å². The molecule has 2 rings (SSSR count). The van der Waals surface area contributed by atoms with Crippen LogP contribution in [0.3, 0.4) is 0 Å². The largest absolute Gasteiger partial charge is 0.340 e. The van der Waals surface area contributed by atoms with E-state index in [1.54, 1.807) is 6.92 Å². The van der Waals surface area contributed by atoms with Crippen LogP contribution in [0.25, 0.3) is 0 Å². The topological polar surface area (TPSA) is 85.1 Å². The summed E-state index contributed by atoms with van der Waals surface area (Å²) in [6.45, 7) is 2.43. The fourth-order valence-electron chi connectivity index (χ4n) is 2.48. The molecule has 102 valence electrons. The van der Waals surface area contributed by atoms with Crippen molar-refractivity contribution in [1.29, 1.82) is 0 Å². The zero-order valence-corrected chi connectivity index (χ0v) is 11.5. The minimum absolute atomic E-state index is 0.0630. The predicted molar refractivity (Wildman–Crippen MR) is 67.0 cm³/mol. The van der Waals surface area contributed by atoms with E-state index in [-0.39, 0.29) is 11.3 Å². The lowest BCUT2D eigenvalue weighted by molar-refractivity contribution is 0.386. The zero-order chi connectivity index (χ0) is 13.2. The molecule has 0 aliphatic heterocycles. The molecule has 1 saturated carbocycles. The predicted octanol–water partition coefficient (Wildman–Crippen LogP) is 0.476. The Morgan fingerprint density at radius 1 is 1.44 bits per heavy atom. The van der Waals surface area contributed by atoms with E-state index in [4.69, 9.17) is 4.52 Å². The van der Waals surface area contributed by atoms with Gasteiger partial charge >= 0.3 is 0 Å². The second-order valence-corrected chi connectivity index (χ2v) is 7.10. The van der Waals surface area contributed by atoms with Crippen LogP contribution in [0.1, 0.15) is 31.0 Å². The summed E-state index contributed by atoms with van der Waals surface area (Å²) >= 11 is 0. The van der Waals surface area contributed by atoms with Crippen molar-refractivity contribution >= 4 is 9.84 Å². The highest BCUT2D eigenvalue weighted by Gasteiger charge is 2.34. The Bertz CT molecular complexity index is 497. The van der Waals surface area contributed by atoms with Crippen LogP contribution in [-0.2, 0) is 16.3 Å². The van der Waals surface area contributed by atoms with Gasteiger partial charge in [-0.15, -0.1) is 0 Å². The molecule has 1 heterocycles. The van der Waals surface area contributed by atoms with E-state index in [1.807, 2.05) is 0 Å². The Hall–Kier alpha value is -0.950. The van der Waals surface area contributed by atoms with E-state index in [9.17, 15) is 8.42 Å². The molecule has 2 unspecified atom stereocenters. The molecule has 1 aromatic rings. The highest BCUT2D eigenvalue weighted by molar-refractivity contribution is 7.91. The Morgan fingerprint density at radius 3 is 2.83 bits per heavy atom. The third-order valence-corrected chi connectivity index (χ3v) is 4.99. The van der Waals surface area contributed by atoms with Gasteiger partial charge in [-0.05, 0) is 12.8 Å². The van der Waals surface area contributed by atoms with E-state index < -0.39 is 9.84 Å². The minimum atomic E-state index is -2.95. The van der Waals surface area contributed by atoms with Gasteiger partial charge in [0.2, 0.25) is 5.89 Å². The van der Waals surface area contributed by atoms with Crippen molar-refractivity contribution in [2.24, 2.45) is 0 Å². The third-order valence-electron chi connectivity index (χ3n) is 3.33. The second kappa shape index (κ2) is 5.36. The number of nitrogens with zero attached hydrogens (tertiary/aromatic N) is 2. The molecule has 1 fully saturated rings. The van der Waals surface area contributed by atoms with Gasteiger partial charge in [-0.2, -0.15) is 4.98 Å². The molecule has 0 bridgehead atoms. The van der Waals surface area contributed by atoms with Gasteiger partial charge < -0.3 is 9.84 Å². The molecule has 0 spiro atoms. The molecule has 1 N–H and O–H groups in total. The molecule has 0 amide bonds. The summed E-state index contributed by atoms with van der Waals surface area (Å²) in [5.74, 6) is 1.22. The quantitative estimate of drug-likeness (QED) is 0.839. The van der Waals surface area contributed by atoms with Crippen LogP contribution in [0, 0.1) is 6.92 Å². The monoisotopic (exact) mass is 273 g/mol. The Kier molecular flexibility index (Phi) is 4.01. The lowest BCUT2D eigenvalue weighted by atomic mass is 10.2. The molecule has 1 aliphatic rings. The van der Waals surface area contributed by atoms with Crippen LogP contribution in [0.5, 0.6) is 0 Å². The molecular formula is C11H19N3O3S. The van der Waals surface area contributed by atoms with Crippen LogP contribution in [0.4, 0.5) is 0 Å². The van der Waals surface area contributed by atoms with Crippen LogP contribution < -0.4 is 5.32 Å². The first-order valence-corrected chi connectivity index (χ1v) is 8.13. The fourth-order valence-corrected chi connectivity index (χ4v) is 3.91. The maximum absolute atomic E-state index is 11.6. The van der Waals surface area contributed by atoms with Gasteiger partial charge in [-0.3, -0.25) is 0 Å². The maximum atomic E-state index is 11.6. The number of hydrogen-bond acceptors (Lipinski definition) is 6. The van der Waals surface area contributed by atoms with Crippen LogP contribution >= 0.6 is 0 Å². The first-order chi connectivity index (χ1) is 8.47. The van der Waals surface area contributed by atoms with Crippen LogP contribution in [0.15, 0.2) is 4.52 Å². The molecule has 1 aromatic heterocycles. The first-order valence-electron chi connectivity index (χ1n) is 6.18. The SMILES string of the molecule is Cc1nc(CCNC2CCCC2S(C)(=O)=O)no1. The number of sulfone groups is 1. The number of hydrogen-bond donors (Lipinski definition) is 1. The molecule has 0 saturated heterocycles. The van der Waals surface area contributed by atoms with E-state index in [1.165, 1.54) is 6.26 Å². The normalized spacial score (nSPS) is 24.6. The fraction of sp³-hybridized carbons (Fsp3) is 0.818. The third kappa shape index (κ3) is 3.29. The van der Waals surface area contributed by atoms with Gasteiger partial charge in [0.15, 0.2) is 15.7 Å². The Labute approximate surface area is 107 Å². The smallest absolute Gasteiger partial charge is 0.223 e. The van der Waals surface area contributed by atoms with Gasteiger partial charge in [0.05, 0.1) is 5.25 Å². The summed E-state index contributed by atoms with van der Waals surface area (Å²) in [6.07, 6.45) is 4.63. The Balaban J connectivity index is 1.83. The molecule has 6 nitrogen and oxygen atoms in total. The summed E-state index contributed by atoms with van der Waals surface area (Å²) in [4.78, 5) is 4.11. The van der Waals surface area contributed by atoms with Gasteiger partial charge in [-0.1, -0.05) is 11.6 Å². The standard InChI is InChI=1S/C11H19N3O3S/c1-8-13-11(14-17-8)6-7-12-9-4-3-5-10(9)18(2,15)16/h9-10,12H,3-7H2,1-2H3. The molecule has 0 aromatic carbocycles. The van der Waals surface area contributed by atoms with Crippen molar-refractivity contribution in [1.82, 2.24) is 15.5 Å². The van der Waals surface area contributed by atoms with Crippen LogP contribution in [-0.4, -0.2) is 42.7 Å². The number of rotatable bonds is 5. The summed E-state index contributed by atoms with van der Waals surface area (Å²) in [6, 6.07) is 0.0630. The summed E-state index contributed by atoms with van der Waals surface area (Å²) in [5.41, 5.74) is 0. The molecule has 7 heteroatoms. The van der Waals surface area contributed by atoms with E-state index >= 15 is 0 Å². The first kappa shape index (κ1) is 13.5. The Morgan fingerprint density at radius 2 is 2.22 bits per heavy atom. The van der Waals surface area contributed by atoms with Crippen molar-refractivity contribution in [3.63, 3.8) is 0 Å². The minimum Gasteiger partial charge on any atom is -0.340 e. The van der Waals surface area contributed by atoms with Crippen molar-refractivity contribution in [2.75, 3.05) is 12.8 Å². The van der Waals surface area contributed by atoms with Gasteiger partial charge in [0.25, 0.3) is 0 Å². The average Bonchev–Trinajstić information content (AvgIpc) is 2.86. The van der Waals surface area contributed by atoms with Gasteiger partial charge in [0.1, 0.15) is 0 Å². The molecule has 18 heavy (non-hydrogen) atoms. The van der Waals surface area contributed by atoms with E-state index in [0.29, 0.717) is 24.7 Å². The van der Waals surface area contributed by atoms with E-state index in [2.05, 4.69) is 15.5 Å². The lowest BCUT2D eigenvalue weighted by Gasteiger charge is -2.18. The second-order valence-electron chi connectivity index (χ2n) is 4.84. The molecule has 0 radical (unpaired) electrons. The number of aromatic nitrogens is 2. The molecular weight excluding hydrogens is 254 g/mol. The van der Waals surface area contributed by atoms with Crippen molar-refractivity contribution in [3.05, 3.63) is 11.7 Å². The highest BCUT2D eigenvalue weighted by Crippen LogP contribution is 2.24. The molecule has 2 atom stereocenters. The van der Waals surface area contributed by atoms with Crippen molar-refractivity contribution in [3.8, 4) is 0 Å². The number of nitrogens with one attached hydrogen (secondary N) is 1. The zero-order valence-electron chi connectivity index (χ0n) is 10.7. The van der Waals surface area contributed by atoms with Crippen LogP contribution in [0.2, 0.25) is 0 Å². The summed E-state index contributed by atoms with van der Waals surface area (Å²) < 4.78 is 28.1. The summed E-state index contributed by atoms with van der Waals surface area (Å²) in [5, 5.41) is 6.85. The van der Waals surface area contributed by atoms with E-state index in [0.717, 1.165) is 19.3 Å². The van der Waals surface area contributed by atoms with Gasteiger partial charge in [0, 0.05) is 32.2 Å². The highest BCUT2D eigenvalue weighted by atomic mass is 32.2. The van der Waals surface area contributed by atoms with Gasteiger partial charge in [-0.25, -0.2) is 8.42 Å². The molecule has 1 aliphatic carbocycles.